The summed E-state index contributed by atoms with van der Waals surface area (Å²) in [6.45, 7) is 4.54. The number of halogens is 1. The third-order valence-electron chi connectivity index (χ3n) is 7.59. The molecule has 2 aliphatic carbocycles. The fraction of sp³-hybridized carbons (Fsp3) is 0.577. The normalized spacial score (nSPS) is 25.1. The largest absolute Gasteiger partial charge is 0.376 e. The van der Waals surface area contributed by atoms with Crippen molar-refractivity contribution in [3.63, 3.8) is 0 Å². The lowest BCUT2D eigenvalue weighted by Gasteiger charge is -2.37. The number of hydrogen-bond donors (Lipinski definition) is 3. The van der Waals surface area contributed by atoms with Gasteiger partial charge in [-0.25, -0.2) is 0 Å². The van der Waals surface area contributed by atoms with E-state index in [1.165, 1.54) is 24.2 Å². The van der Waals surface area contributed by atoms with Gasteiger partial charge in [0.05, 0.1) is 45.6 Å². The Kier molecular flexibility index (Phi) is 7.06. The summed E-state index contributed by atoms with van der Waals surface area (Å²) >= 11 is 7.53. The van der Waals surface area contributed by atoms with Gasteiger partial charge in [0.25, 0.3) is 5.91 Å². The lowest BCUT2D eigenvalue weighted by molar-refractivity contribution is -0.125. The van der Waals surface area contributed by atoms with E-state index in [0.29, 0.717) is 28.8 Å². The highest BCUT2D eigenvalue weighted by molar-refractivity contribution is 7.14. The molecule has 35 heavy (non-hydrogen) atoms. The second kappa shape index (κ2) is 10.1. The Hall–Kier alpha value is -2.16. The minimum atomic E-state index is -0.527. The van der Waals surface area contributed by atoms with E-state index in [-0.39, 0.29) is 29.5 Å². The molecule has 7 nitrogen and oxygen atoms in total. The van der Waals surface area contributed by atoms with Crippen LogP contribution >= 0.6 is 22.9 Å². The fourth-order valence-electron chi connectivity index (χ4n) is 5.52. The zero-order valence-corrected chi connectivity index (χ0v) is 21.8. The van der Waals surface area contributed by atoms with Gasteiger partial charge in [-0.15, -0.1) is 11.3 Å². The van der Waals surface area contributed by atoms with E-state index in [1.807, 2.05) is 32.0 Å². The first kappa shape index (κ1) is 24.5. The molecule has 2 saturated carbocycles. The standard InChI is InChI=1S/C26H33ClN4O3S/c1-15-20(10-18(27)13-28-15)29-16(2)22-7-8-23(35-22)25(33)30-21(9-17-5-3-4-6-17)24(32)31-26-11-19(12-26)34-14-26/h7-8,10,13,16-17,19,21,29H,3-6,9,11-12,14H2,1-2H3,(H,30,33)(H,31,32). The second-order valence-corrected chi connectivity index (χ2v) is 11.9. The molecule has 2 aromatic rings. The van der Waals surface area contributed by atoms with Crippen LogP contribution in [0.1, 0.15) is 78.2 Å². The molecule has 4 aliphatic rings. The highest BCUT2D eigenvalue weighted by atomic mass is 35.5. The highest BCUT2D eigenvalue weighted by Crippen LogP contribution is 2.42. The average molecular weight is 517 g/mol. The van der Waals surface area contributed by atoms with E-state index in [4.69, 9.17) is 16.3 Å². The topological polar surface area (TPSA) is 92.4 Å². The minimum absolute atomic E-state index is 0.0221. The molecule has 2 amide bonds. The van der Waals surface area contributed by atoms with Crippen molar-refractivity contribution in [1.82, 2.24) is 15.6 Å². The monoisotopic (exact) mass is 516 g/mol. The third-order valence-corrected chi connectivity index (χ3v) is 9.06. The van der Waals surface area contributed by atoms with Gasteiger partial charge in [-0.1, -0.05) is 37.3 Å². The Labute approximate surface area is 215 Å². The maximum absolute atomic E-state index is 13.3. The van der Waals surface area contributed by atoms with Gasteiger partial charge < -0.3 is 20.7 Å². The fourth-order valence-corrected chi connectivity index (χ4v) is 6.59. The first-order valence-corrected chi connectivity index (χ1v) is 13.7. The van der Waals surface area contributed by atoms with E-state index in [0.717, 1.165) is 41.9 Å². The predicted molar refractivity (Wildman–Crippen MR) is 138 cm³/mol. The Bertz CT molecular complexity index is 1090. The molecular formula is C26H33ClN4O3S. The van der Waals surface area contributed by atoms with Crippen LogP contribution in [-0.4, -0.2) is 41.1 Å². The maximum Gasteiger partial charge on any atom is 0.262 e. The van der Waals surface area contributed by atoms with Crippen molar-refractivity contribution in [1.29, 1.82) is 0 Å². The molecular weight excluding hydrogens is 484 g/mol. The zero-order chi connectivity index (χ0) is 24.6. The molecule has 6 rings (SSSR count). The number of nitrogens with zero attached hydrogens (tertiary/aromatic N) is 1. The first-order chi connectivity index (χ1) is 16.8. The molecule has 2 bridgehead atoms. The smallest absolute Gasteiger partial charge is 0.262 e. The van der Waals surface area contributed by atoms with Gasteiger partial charge in [0, 0.05) is 11.1 Å². The molecule has 2 unspecified atom stereocenters. The van der Waals surface area contributed by atoms with Gasteiger partial charge >= 0.3 is 0 Å². The molecule has 2 saturated heterocycles. The molecule has 0 radical (unpaired) electrons. The number of hydrogen-bond acceptors (Lipinski definition) is 6. The molecule has 4 fully saturated rings. The molecule has 0 spiro atoms. The van der Waals surface area contributed by atoms with E-state index >= 15 is 0 Å². The van der Waals surface area contributed by atoms with Crippen molar-refractivity contribution in [2.45, 2.75) is 82.5 Å². The van der Waals surface area contributed by atoms with E-state index in [9.17, 15) is 9.59 Å². The summed E-state index contributed by atoms with van der Waals surface area (Å²) in [5.41, 5.74) is 1.50. The summed E-state index contributed by atoms with van der Waals surface area (Å²) in [6, 6.07) is 5.10. The number of carbonyl (C=O) groups is 2. The van der Waals surface area contributed by atoms with Crippen molar-refractivity contribution < 1.29 is 14.3 Å². The van der Waals surface area contributed by atoms with Gasteiger partial charge in [-0.3, -0.25) is 14.6 Å². The Morgan fingerprint density at radius 2 is 2.06 bits per heavy atom. The summed E-state index contributed by atoms with van der Waals surface area (Å²) in [7, 11) is 0. The Morgan fingerprint density at radius 3 is 2.77 bits per heavy atom. The van der Waals surface area contributed by atoms with E-state index < -0.39 is 6.04 Å². The number of aromatic nitrogens is 1. The number of rotatable bonds is 9. The summed E-state index contributed by atoms with van der Waals surface area (Å²) < 4.78 is 5.66. The number of fused-ring (bicyclic) bond motifs is 1. The van der Waals surface area contributed by atoms with E-state index in [2.05, 4.69) is 20.9 Å². The second-order valence-electron chi connectivity index (χ2n) is 10.4. The molecule has 4 heterocycles. The molecule has 188 valence electrons. The van der Waals surface area contributed by atoms with Crippen LogP contribution in [0.3, 0.4) is 0 Å². The van der Waals surface area contributed by atoms with Crippen LogP contribution in [-0.2, 0) is 9.53 Å². The van der Waals surface area contributed by atoms with Crippen LogP contribution in [0.4, 0.5) is 5.69 Å². The lowest BCUT2D eigenvalue weighted by atomic mass is 9.78. The molecule has 2 aliphatic heterocycles. The van der Waals surface area contributed by atoms with Crippen molar-refractivity contribution in [3.8, 4) is 0 Å². The average Bonchev–Trinajstić information content (AvgIpc) is 3.60. The quantitative estimate of drug-likeness (QED) is 0.436. The third kappa shape index (κ3) is 5.49. The van der Waals surface area contributed by atoms with E-state index in [1.54, 1.807) is 6.20 Å². The van der Waals surface area contributed by atoms with Crippen molar-refractivity contribution >= 4 is 40.4 Å². The van der Waals surface area contributed by atoms with Gasteiger partial charge in [0.1, 0.15) is 6.04 Å². The zero-order valence-electron chi connectivity index (χ0n) is 20.2. The number of carbonyl (C=O) groups excluding carboxylic acids is 2. The van der Waals surface area contributed by atoms with Crippen LogP contribution in [0.15, 0.2) is 24.4 Å². The predicted octanol–water partition coefficient (Wildman–Crippen LogP) is 5.00. The van der Waals surface area contributed by atoms with Crippen LogP contribution in [0, 0.1) is 12.8 Å². The van der Waals surface area contributed by atoms with Crippen molar-refractivity contribution in [3.05, 3.63) is 44.9 Å². The maximum atomic E-state index is 13.3. The summed E-state index contributed by atoms with van der Waals surface area (Å²) in [5, 5.41) is 10.3. The van der Waals surface area contributed by atoms with Crippen LogP contribution < -0.4 is 16.0 Å². The number of pyridine rings is 1. The van der Waals surface area contributed by atoms with Gasteiger partial charge in [0.2, 0.25) is 5.91 Å². The SMILES string of the molecule is Cc1ncc(Cl)cc1NC(C)c1ccc(C(=O)NC(CC2CCCC2)C(=O)NC23COC(C2)C3)s1. The number of anilines is 1. The summed E-state index contributed by atoms with van der Waals surface area (Å²) in [5.74, 6) is 0.207. The molecule has 2 aromatic heterocycles. The number of ether oxygens (including phenoxy) is 1. The van der Waals surface area contributed by atoms with Gasteiger partial charge in [0.15, 0.2) is 0 Å². The molecule has 9 heteroatoms. The Morgan fingerprint density at radius 1 is 1.29 bits per heavy atom. The van der Waals surface area contributed by atoms with Gasteiger partial charge in [-0.2, -0.15) is 0 Å². The molecule has 2 atom stereocenters. The summed E-state index contributed by atoms with van der Waals surface area (Å²) in [6.07, 6.45) is 9.01. The van der Waals surface area contributed by atoms with Crippen molar-refractivity contribution in [2.24, 2.45) is 5.92 Å². The van der Waals surface area contributed by atoms with Crippen LogP contribution in [0.25, 0.3) is 0 Å². The number of aryl methyl sites for hydroxylation is 1. The highest BCUT2D eigenvalue weighted by Gasteiger charge is 2.53. The van der Waals surface area contributed by atoms with Crippen LogP contribution in [0.2, 0.25) is 5.02 Å². The first-order valence-electron chi connectivity index (χ1n) is 12.5. The number of thiophene rings is 1. The molecule has 3 N–H and O–H groups in total. The summed E-state index contributed by atoms with van der Waals surface area (Å²) in [4.78, 5) is 32.4. The van der Waals surface area contributed by atoms with Crippen molar-refractivity contribution in [2.75, 3.05) is 11.9 Å². The lowest BCUT2D eigenvalue weighted by Crippen LogP contribution is -2.59. The van der Waals surface area contributed by atoms with Gasteiger partial charge in [-0.05, 0) is 57.2 Å². The Balaban J connectivity index is 1.24. The molecule has 0 aromatic carbocycles. The number of amides is 2. The van der Waals surface area contributed by atoms with Crippen LogP contribution in [0.5, 0.6) is 0 Å². The minimum Gasteiger partial charge on any atom is -0.376 e. The number of nitrogens with one attached hydrogen (secondary N) is 3.